The van der Waals surface area contributed by atoms with Crippen LogP contribution in [0.4, 0.5) is 0 Å². The van der Waals surface area contributed by atoms with E-state index in [2.05, 4.69) is 15.5 Å². The number of carbonyl (C=O) groups excluding carboxylic acids is 1. The van der Waals surface area contributed by atoms with Crippen molar-refractivity contribution in [2.45, 2.75) is 64.5 Å². The van der Waals surface area contributed by atoms with Crippen LogP contribution >= 0.6 is 0 Å². The molecule has 0 unspecified atom stereocenters. The van der Waals surface area contributed by atoms with Crippen molar-refractivity contribution in [2.75, 3.05) is 0 Å². The van der Waals surface area contributed by atoms with Gasteiger partial charge in [-0.05, 0) is 19.8 Å². The second-order valence-electron chi connectivity index (χ2n) is 7.83. The van der Waals surface area contributed by atoms with E-state index in [0.29, 0.717) is 11.1 Å². The predicted molar refractivity (Wildman–Crippen MR) is 110 cm³/mol. The van der Waals surface area contributed by atoms with Crippen molar-refractivity contribution in [3.8, 4) is 11.3 Å². The summed E-state index contributed by atoms with van der Waals surface area (Å²) in [5.41, 5.74) is 2.38. The molecular weight excluding hydrogens is 368 g/mol. The lowest BCUT2D eigenvalue weighted by molar-refractivity contribution is -0.122. The molecule has 1 aromatic carbocycles. The van der Waals surface area contributed by atoms with E-state index in [0.717, 1.165) is 24.0 Å². The summed E-state index contributed by atoms with van der Waals surface area (Å²) in [6, 6.07) is 7.99. The smallest absolute Gasteiger partial charge is 0.266 e. The number of amides is 1. The van der Waals surface area contributed by atoms with Crippen LogP contribution in [-0.2, 0) is 11.3 Å². The van der Waals surface area contributed by atoms with Crippen molar-refractivity contribution >= 4 is 17.0 Å². The highest BCUT2D eigenvalue weighted by Gasteiger charge is 2.18. The van der Waals surface area contributed by atoms with Crippen molar-refractivity contribution in [1.82, 2.24) is 20.0 Å². The second-order valence-corrected chi connectivity index (χ2v) is 7.83. The Hall–Kier alpha value is -2.96. The van der Waals surface area contributed by atoms with Gasteiger partial charge in [-0.1, -0.05) is 60.7 Å². The molecule has 7 heteroatoms. The minimum absolute atomic E-state index is 0.0204. The van der Waals surface area contributed by atoms with Crippen molar-refractivity contribution < 1.29 is 9.32 Å². The lowest BCUT2D eigenvalue weighted by atomic mass is 10.1. The fourth-order valence-corrected chi connectivity index (χ4v) is 3.89. The zero-order valence-corrected chi connectivity index (χ0v) is 16.7. The first-order valence-corrected chi connectivity index (χ1v) is 10.3. The Morgan fingerprint density at radius 1 is 1.17 bits per heavy atom. The van der Waals surface area contributed by atoms with Gasteiger partial charge in [0, 0.05) is 24.6 Å². The molecule has 0 bridgehead atoms. The van der Waals surface area contributed by atoms with E-state index in [-0.39, 0.29) is 36.2 Å². The van der Waals surface area contributed by atoms with Crippen LogP contribution in [0.25, 0.3) is 22.4 Å². The summed E-state index contributed by atoms with van der Waals surface area (Å²) in [6.45, 7) is 2.28. The molecule has 1 fully saturated rings. The van der Waals surface area contributed by atoms with E-state index in [1.165, 1.54) is 36.6 Å². The average Bonchev–Trinajstić information content (AvgIpc) is 2.99. The van der Waals surface area contributed by atoms with Gasteiger partial charge in [-0.15, -0.1) is 0 Å². The van der Waals surface area contributed by atoms with E-state index in [4.69, 9.17) is 4.52 Å². The third-order valence-electron chi connectivity index (χ3n) is 5.59. The number of nitrogens with zero attached hydrogens (tertiary/aromatic N) is 3. The number of hydrogen-bond acceptors (Lipinski definition) is 5. The molecule has 0 saturated heterocycles. The molecule has 1 aliphatic rings. The molecule has 3 aromatic rings. The highest BCUT2D eigenvalue weighted by molar-refractivity contribution is 5.88. The summed E-state index contributed by atoms with van der Waals surface area (Å²) in [4.78, 5) is 29.6. The third-order valence-corrected chi connectivity index (χ3v) is 5.59. The van der Waals surface area contributed by atoms with Gasteiger partial charge in [-0.3, -0.25) is 14.2 Å². The third kappa shape index (κ3) is 4.39. The fraction of sp³-hybridized carbons (Fsp3) is 0.455. The SMILES string of the molecule is Cc1ccc(-c2noc3ncn(CCC(=O)NC4CCCCCC4)c(=O)c23)cc1. The number of nitrogens with one attached hydrogen (secondary N) is 1. The maximum absolute atomic E-state index is 13.0. The predicted octanol–water partition coefficient (Wildman–Crippen LogP) is 3.59. The van der Waals surface area contributed by atoms with E-state index < -0.39 is 0 Å². The molecule has 0 aliphatic heterocycles. The monoisotopic (exact) mass is 394 g/mol. The summed E-state index contributed by atoms with van der Waals surface area (Å²) in [5.74, 6) is -0.0204. The first-order chi connectivity index (χ1) is 14.1. The zero-order chi connectivity index (χ0) is 20.2. The Morgan fingerprint density at radius 3 is 2.62 bits per heavy atom. The number of rotatable bonds is 5. The van der Waals surface area contributed by atoms with Gasteiger partial charge in [0.25, 0.3) is 11.3 Å². The molecular formula is C22H26N4O3. The first-order valence-electron chi connectivity index (χ1n) is 10.3. The molecule has 1 amide bonds. The second kappa shape index (κ2) is 8.59. The summed E-state index contributed by atoms with van der Waals surface area (Å²) in [5, 5.41) is 7.51. The standard InChI is InChI=1S/C22H26N4O3/c1-15-8-10-16(11-9-15)20-19-21(29-25-20)23-14-26(22(19)28)13-12-18(27)24-17-6-4-2-3-5-7-17/h8-11,14,17H,2-7,12-13H2,1H3,(H,24,27). The lowest BCUT2D eigenvalue weighted by Crippen LogP contribution is -2.35. The molecule has 1 aliphatic carbocycles. The molecule has 2 heterocycles. The molecule has 0 radical (unpaired) electrons. The normalized spacial score (nSPS) is 15.3. The lowest BCUT2D eigenvalue weighted by Gasteiger charge is -2.16. The molecule has 1 saturated carbocycles. The summed E-state index contributed by atoms with van der Waals surface area (Å²) < 4.78 is 6.72. The topological polar surface area (TPSA) is 90.0 Å². The van der Waals surface area contributed by atoms with Gasteiger partial charge < -0.3 is 9.84 Å². The van der Waals surface area contributed by atoms with Crippen LogP contribution in [-0.4, -0.2) is 26.7 Å². The quantitative estimate of drug-likeness (QED) is 0.668. The maximum Gasteiger partial charge on any atom is 0.266 e. The summed E-state index contributed by atoms with van der Waals surface area (Å²) >= 11 is 0. The molecule has 0 atom stereocenters. The molecule has 152 valence electrons. The maximum atomic E-state index is 13.0. The molecule has 0 spiro atoms. The van der Waals surface area contributed by atoms with E-state index in [1.807, 2.05) is 31.2 Å². The van der Waals surface area contributed by atoms with Crippen LogP contribution < -0.4 is 10.9 Å². The van der Waals surface area contributed by atoms with Crippen molar-refractivity contribution in [3.63, 3.8) is 0 Å². The minimum atomic E-state index is -0.242. The number of benzene rings is 1. The van der Waals surface area contributed by atoms with Gasteiger partial charge in [-0.2, -0.15) is 0 Å². The number of aromatic nitrogens is 3. The Kier molecular flexibility index (Phi) is 5.74. The summed E-state index contributed by atoms with van der Waals surface area (Å²) in [7, 11) is 0. The van der Waals surface area contributed by atoms with Crippen LogP contribution in [0.15, 0.2) is 39.9 Å². The summed E-state index contributed by atoms with van der Waals surface area (Å²) in [6.07, 6.45) is 8.58. The highest BCUT2D eigenvalue weighted by Crippen LogP contribution is 2.24. The molecule has 4 rings (SSSR count). The Labute approximate surface area is 169 Å². The van der Waals surface area contributed by atoms with Crippen LogP contribution in [0.1, 0.15) is 50.5 Å². The van der Waals surface area contributed by atoms with Crippen LogP contribution in [0.2, 0.25) is 0 Å². The molecule has 29 heavy (non-hydrogen) atoms. The molecule has 2 aromatic heterocycles. The molecule has 1 N–H and O–H groups in total. The number of hydrogen-bond donors (Lipinski definition) is 1. The van der Waals surface area contributed by atoms with Crippen LogP contribution in [0.5, 0.6) is 0 Å². The van der Waals surface area contributed by atoms with E-state index >= 15 is 0 Å². The largest absolute Gasteiger partial charge is 0.353 e. The Balaban J connectivity index is 1.50. The minimum Gasteiger partial charge on any atom is -0.353 e. The highest BCUT2D eigenvalue weighted by atomic mass is 16.5. The zero-order valence-electron chi connectivity index (χ0n) is 16.7. The fourth-order valence-electron chi connectivity index (χ4n) is 3.89. The first kappa shape index (κ1) is 19.4. The van der Waals surface area contributed by atoms with Crippen molar-refractivity contribution in [3.05, 3.63) is 46.5 Å². The van der Waals surface area contributed by atoms with Crippen molar-refractivity contribution in [2.24, 2.45) is 0 Å². The van der Waals surface area contributed by atoms with Gasteiger partial charge >= 0.3 is 0 Å². The molecule has 7 nitrogen and oxygen atoms in total. The Morgan fingerprint density at radius 2 is 1.90 bits per heavy atom. The number of aryl methyl sites for hydroxylation is 2. The van der Waals surface area contributed by atoms with Gasteiger partial charge in [0.15, 0.2) is 0 Å². The number of carbonyl (C=O) groups is 1. The van der Waals surface area contributed by atoms with Crippen LogP contribution in [0.3, 0.4) is 0 Å². The average molecular weight is 394 g/mol. The number of fused-ring (bicyclic) bond motifs is 1. The Bertz CT molecular complexity index is 1040. The van der Waals surface area contributed by atoms with E-state index in [9.17, 15) is 9.59 Å². The van der Waals surface area contributed by atoms with Crippen molar-refractivity contribution in [1.29, 1.82) is 0 Å². The van der Waals surface area contributed by atoms with Gasteiger partial charge in [0.1, 0.15) is 17.4 Å². The van der Waals surface area contributed by atoms with Gasteiger partial charge in [0.05, 0.1) is 0 Å². The van der Waals surface area contributed by atoms with E-state index in [1.54, 1.807) is 0 Å². The van der Waals surface area contributed by atoms with Gasteiger partial charge in [0.2, 0.25) is 5.91 Å². The van der Waals surface area contributed by atoms with Gasteiger partial charge in [-0.25, -0.2) is 4.98 Å². The van der Waals surface area contributed by atoms with Crippen LogP contribution in [0, 0.1) is 6.92 Å².